The van der Waals surface area contributed by atoms with E-state index in [0.717, 1.165) is 0 Å². The summed E-state index contributed by atoms with van der Waals surface area (Å²) in [6, 6.07) is 23.2. The van der Waals surface area contributed by atoms with Gasteiger partial charge in [0.05, 0.1) is 22.3 Å². The molecular weight excluding hydrogens is 410 g/mol. The zero-order chi connectivity index (χ0) is 21.8. The minimum absolute atomic E-state index is 0.0575. The Morgan fingerprint density at radius 2 is 1.71 bits per heavy atom. The van der Waals surface area contributed by atoms with Crippen LogP contribution in [0.25, 0.3) is 16.6 Å². The van der Waals surface area contributed by atoms with Gasteiger partial charge in [-0.3, -0.25) is 19.0 Å². The number of fused-ring (bicyclic) bond motifs is 1. The van der Waals surface area contributed by atoms with Crippen molar-refractivity contribution in [3.8, 4) is 5.69 Å². The SMILES string of the molecule is CC(=O)c1cccc(NC(=O)CSc2nc3ccccc3c(=O)n2-c2ccccc2)c1. The van der Waals surface area contributed by atoms with E-state index in [-0.39, 0.29) is 23.0 Å². The number of benzene rings is 3. The van der Waals surface area contributed by atoms with Gasteiger partial charge in [0, 0.05) is 11.3 Å². The van der Waals surface area contributed by atoms with Crippen LogP contribution in [0.15, 0.2) is 88.8 Å². The second kappa shape index (κ2) is 8.97. The van der Waals surface area contributed by atoms with Crippen LogP contribution < -0.4 is 10.9 Å². The number of thioether (sulfide) groups is 1. The molecule has 0 aliphatic carbocycles. The van der Waals surface area contributed by atoms with Crippen molar-refractivity contribution >= 4 is 40.0 Å². The Hall–Kier alpha value is -3.71. The van der Waals surface area contributed by atoms with E-state index in [1.54, 1.807) is 42.5 Å². The maximum atomic E-state index is 13.2. The highest BCUT2D eigenvalue weighted by Crippen LogP contribution is 2.22. The lowest BCUT2D eigenvalue weighted by atomic mass is 10.1. The van der Waals surface area contributed by atoms with Crippen molar-refractivity contribution in [2.24, 2.45) is 0 Å². The van der Waals surface area contributed by atoms with Crippen LogP contribution in [0, 0.1) is 0 Å². The van der Waals surface area contributed by atoms with Gasteiger partial charge in [-0.1, -0.05) is 54.2 Å². The summed E-state index contributed by atoms with van der Waals surface area (Å²) in [4.78, 5) is 41.9. The fourth-order valence-electron chi connectivity index (χ4n) is 3.16. The Morgan fingerprint density at radius 3 is 2.48 bits per heavy atom. The fraction of sp³-hybridized carbons (Fsp3) is 0.0833. The standard InChI is InChI=1S/C24H19N3O3S/c1-16(28)17-8-7-9-18(14-17)25-22(29)15-31-24-26-21-13-6-5-12-20(21)23(30)27(24)19-10-3-2-4-11-19/h2-14H,15H2,1H3,(H,25,29). The Balaban J connectivity index is 1.62. The van der Waals surface area contributed by atoms with E-state index < -0.39 is 0 Å². The molecule has 4 aromatic rings. The van der Waals surface area contributed by atoms with Crippen molar-refractivity contribution in [1.82, 2.24) is 9.55 Å². The third kappa shape index (κ3) is 4.57. The van der Waals surface area contributed by atoms with Crippen LogP contribution in [0.3, 0.4) is 0 Å². The van der Waals surface area contributed by atoms with Crippen LogP contribution in [-0.4, -0.2) is 27.0 Å². The quantitative estimate of drug-likeness (QED) is 0.280. The highest BCUT2D eigenvalue weighted by atomic mass is 32.2. The molecule has 0 aliphatic rings. The smallest absolute Gasteiger partial charge is 0.266 e. The number of para-hydroxylation sites is 2. The molecular formula is C24H19N3O3S. The zero-order valence-electron chi connectivity index (χ0n) is 16.7. The number of Topliss-reactive ketones (excluding diaryl/α,β-unsaturated/α-hetero) is 1. The molecule has 3 aromatic carbocycles. The van der Waals surface area contributed by atoms with Gasteiger partial charge in [0.15, 0.2) is 10.9 Å². The van der Waals surface area contributed by atoms with Crippen LogP contribution in [0.1, 0.15) is 17.3 Å². The van der Waals surface area contributed by atoms with E-state index in [2.05, 4.69) is 10.3 Å². The van der Waals surface area contributed by atoms with Gasteiger partial charge < -0.3 is 5.32 Å². The van der Waals surface area contributed by atoms with Crippen molar-refractivity contribution < 1.29 is 9.59 Å². The van der Waals surface area contributed by atoms with Crippen LogP contribution in [0.2, 0.25) is 0 Å². The molecule has 0 bridgehead atoms. The first-order valence-corrected chi connectivity index (χ1v) is 10.6. The summed E-state index contributed by atoms with van der Waals surface area (Å²) >= 11 is 1.18. The van der Waals surface area contributed by atoms with Crippen LogP contribution in [0.4, 0.5) is 5.69 Å². The molecule has 0 spiro atoms. The molecule has 154 valence electrons. The Bertz CT molecular complexity index is 1330. The lowest BCUT2D eigenvalue weighted by Crippen LogP contribution is -2.22. The number of carbonyl (C=O) groups is 2. The fourth-order valence-corrected chi connectivity index (χ4v) is 3.97. The van der Waals surface area contributed by atoms with Crippen molar-refractivity contribution in [3.05, 3.63) is 94.8 Å². The van der Waals surface area contributed by atoms with Crippen molar-refractivity contribution in [2.45, 2.75) is 12.1 Å². The van der Waals surface area contributed by atoms with Gasteiger partial charge in [0.25, 0.3) is 5.56 Å². The van der Waals surface area contributed by atoms with E-state index >= 15 is 0 Å². The number of nitrogens with zero attached hydrogens (tertiary/aromatic N) is 2. The molecule has 1 aromatic heterocycles. The van der Waals surface area contributed by atoms with Crippen LogP contribution >= 0.6 is 11.8 Å². The minimum atomic E-state index is -0.257. The van der Waals surface area contributed by atoms with Crippen LogP contribution in [0.5, 0.6) is 0 Å². The Kier molecular flexibility index (Phi) is 5.95. The van der Waals surface area contributed by atoms with E-state index in [1.165, 1.54) is 23.3 Å². The largest absolute Gasteiger partial charge is 0.325 e. The summed E-state index contributed by atoms with van der Waals surface area (Å²) in [5.41, 5.74) is 2.15. The van der Waals surface area contributed by atoms with Gasteiger partial charge in [-0.15, -0.1) is 0 Å². The number of carbonyl (C=O) groups excluding carboxylic acids is 2. The molecule has 31 heavy (non-hydrogen) atoms. The average molecular weight is 430 g/mol. The van der Waals surface area contributed by atoms with Gasteiger partial charge in [-0.05, 0) is 43.3 Å². The summed E-state index contributed by atoms with van der Waals surface area (Å²) in [5, 5.41) is 3.74. The molecule has 0 fully saturated rings. The van der Waals surface area contributed by atoms with Gasteiger partial charge in [0.2, 0.25) is 5.91 Å². The minimum Gasteiger partial charge on any atom is -0.325 e. The lowest BCUT2D eigenvalue weighted by molar-refractivity contribution is -0.113. The van der Waals surface area contributed by atoms with Crippen molar-refractivity contribution in [2.75, 3.05) is 11.1 Å². The third-order valence-corrected chi connectivity index (χ3v) is 5.58. The average Bonchev–Trinajstić information content (AvgIpc) is 2.78. The van der Waals surface area contributed by atoms with E-state index in [0.29, 0.717) is 33.0 Å². The first-order valence-electron chi connectivity index (χ1n) is 9.64. The van der Waals surface area contributed by atoms with Crippen LogP contribution in [-0.2, 0) is 4.79 Å². The molecule has 0 saturated heterocycles. The normalized spacial score (nSPS) is 10.7. The van der Waals surface area contributed by atoms with E-state index in [1.807, 2.05) is 36.4 Å². The number of rotatable bonds is 6. The topological polar surface area (TPSA) is 81.1 Å². The number of aromatic nitrogens is 2. The Labute approximate surface area is 182 Å². The second-order valence-corrected chi connectivity index (χ2v) is 7.80. The van der Waals surface area contributed by atoms with Gasteiger partial charge in [-0.25, -0.2) is 4.98 Å². The molecule has 7 heteroatoms. The first kappa shape index (κ1) is 20.6. The zero-order valence-corrected chi connectivity index (χ0v) is 17.6. The summed E-state index contributed by atoms with van der Waals surface area (Å²) in [6.07, 6.45) is 0. The number of hydrogen-bond acceptors (Lipinski definition) is 5. The predicted molar refractivity (Wildman–Crippen MR) is 123 cm³/mol. The molecule has 1 heterocycles. The summed E-state index contributed by atoms with van der Waals surface area (Å²) in [7, 11) is 0. The molecule has 6 nitrogen and oxygen atoms in total. The Morgan fingerprint density at radius 1 is 0.968 bits per heavy atom. The monoisotopic (exact) mass is 429 g/mol. The third-order valence-electron chi connectivity index (χ3n) is 4.64. The molecule has 1 N–H and O–H groups in total. The number of ketones is 1. The molecule has 0 radical (unpaired) electrons. The number of nitrogens with one attached hydrogen (secondary N) is 1. The van der Waals surface area contributed by atoms with Crippen molar-refractivity contribution in [1.29, 1.82) is 0 Å². The lowest BCUT2D eigenvalue weighted by Gasteiger charge is -2.13. The maximum absolute atomic E-state index is 13.2. The molecule has 0 saturated carbocycles. The maximum Gasteiger partial charge on any atom is 0.266 e. The number of hydrogen-bond donors (Lipinski definition) is 1. The predicted octanol–water partition coefficient (Wildman–Crippen LogP) is 4.32. The molecule has 4 rings (SSSR count). The second-order valence-electron chi connectivity index (χ2n) is 6.86. The molecule has 1 amide bonds. The highest BCUT2D eigenvalue weighted by Gasteiger charge is 2.15. The molecule has 0 aliphatic heterocycles. The van der Waals surface area contributed by atoms with Gasteiger partial charge >= 0.3 is 0 Å². The summed E-state index contributed by atoms with van der Waals surface area (Å²) in [6.45, 7) is 1.48. The summed E-state index contributed by atoms with van der Waals surface area (Å²) in [5.74, 6) is -0.271. The highest BCUT2D eigenvalue weighted by molar-refractivity contribution is 7.99. The summed E-state index contributed by atoms with van der Waals surface area (Å²) < 4.78 is 1.52. The molecule has 0 atom stereocenters. The van der Waals surface area contributed by atoms with E-state index in [4.69, 9.17) is 0 Å². The first-order chi connectivity index (χ1) is 15.0. The van der Waals surface area contributed by atoms with Gasteiger partial charge in [-0.2, -0.15) is 0 Å². The molecule has 0 unspecified atom stereocenters. The number of anilines is 1. The van der Waals surface area contributed by atoms with E-state index in [9.17, 15) is 14.4 Å². The van der Waals surface area contributed by atoms with Crippen molar-refractivity contribution in [3.63, 3.8) is 0 Å². The number of amides is 1. The van der Waals surface area contributed by atoms with Gasteiger partial charge in [0.1, 0.15) is 0 Å².